The van der Waals surface area contributed by atoms with E-state index in [2.05, 4.69) is 15.9 Å². The topological polar surface area (TPSA) is 44.8 Å². The van der Waals surface area contributed by atoms with Gasteiger partial charge < -0.3 is 0 Å². The molecule has 13 heavy (non-hydrogen) atoms. The van der Waals surface area contributed by atoms with E-state index >= 15 is 0 Å². The van der Waals surface area contributed by atoms with E-state index in [0.29, 0.717) is 0 Å². The number of alkyl halides is 2. The third-order valence-electron chi connectivity index (χ3n) is 0.933. The van der Waals surface area contributed by atoms with Gasteiger partial charge in [0, 0.05) is 0 Å². The van der Waals surface area contributed by atoms with Crippen molar-refractivity contribution in [3.8, 4) is 0 Å². The molecule has 0 radical (unpaired) electrons. The Kier molecular flexibility index (Phi) is 7.70. The summed E-state index contributed by atoms with van der Waals surface area (Å²) in [6, 6.07) is 0. The van der Waals surface area contributed by atoms with Crippen LogP contribution < -0.4 is 0 Å². The van der Waals surface area contributed by atoms with Crippen molar-refractivity contribution in [2.75, 3.05) is 19.8 Å². The molecule has 0 aliphatic heterocycles. The summed E-state index contributed by atoms with van der Waals surface area (Å²) in [4.78, 5) is 0. The van der Waals surface area contributed by atoms with Crippen LogP contribution in [0.3, 0.4) is 0 Å². The van der Waals surface area contributed by atoms with E-state index in [1.165, 1.54) is 0 Å². The number of phosphoric acid groups is 1. The predicted molar refractivity (Wildman–Crippen MR) is 55.4 cm³/mol. The van der Waals surface area contributed by atoms with Gasteiger partial charge >= 0.3 is 7.82 Å². The maximum absolute atomic E-state index is 11.6. The number of halogens is 2. The number of rotatable bonds is 7. The van der Waals surface area contributed by atoms with E-state index in [9.17, 15) is 4.57 Å². The Balaban J connectivity index is 3.99. The van der Waals surface area contributed by atoms with Crippen LogP contribution in [0.25, 0.3) is 0 Å². The van der Waals surface area contributed by atoms with Crippen molar-refractivity contribution in [1.82, 2.24) is 0 Å². The molecular formula is C6H13BrClO4P. The standard InChI is InChI=1S/C6H13BrClO4P/c1-3-10-13(9,11-4-2)12-5-6(7)8/h6H,3-5H2,1-2H3. The summed E-state index contributed by atoms with van der Waals surface area (Å²) in [6.07, 6.45) is 0. The molecule has 1 atom stereocenters. The molecule has 4 nitrogen and oxygen atoms in total. The van der Waals surface area contributed by atoms with E-state index in [4.69, 9.17) is 25.2 Å². The van der Waals surface area contributed by atoms with Crippen LogP contribution in [0.4, 0.5) is 0 Å². The minimum Gasteiger partial charge on any atom is -0.287 e. The van der Waals surface area contributed by atoms with Crippen molar-refractivity contribution in [2.24, 2.45) is 0 Å². The third-order valence-corrected chi connectivity index (χ3v) is 2.94. The molecule has 80 valence electrons. The molecule has 1 unspecified atom stereocenters. The van der Waals surface area contributed by atoms with Crippen molar-refractivity contribution in [3.05, 3.63) is 0 Å². The minimum absolute atomic E-state index is 0.0683. The third kappa shape index (κ3) is 6.89. The van der Waals surface area contributed by atoms with Gasteiger partial charge in [-0.05, 0) is 13.8 Å². The van der Waals surface area contributed by atoms with Crippen LogP contribution in [0.5, 0.6) is 0 Å². The fourth-order valence-corrected chi connectivity index (χ4v) is 2.25. The van der Waals surface area contributed by atoms with Gasteiger partial charge in [0.05, 0.1) is 19.8 Å². The Morgan fingerprint density at radius 1 is 1.31 bits per heavy atom. The van der Waals surface area contributed by atoms with Crippen molar-refractivity contribution < 1.29 is 18.1 Å². The number of phosphoric ester groups is 1. The maximum Gasteiger partial charge on any atom is 0.474 e. The first-order valence-electron chi connectivity index (χ1n) is 3.86. The highest BCUT2D eigenvalue weighted by atomic mass is 79.9. The lowest BCUT2D eigenvalue weighted by Gasteiger charge is -2.16. The smallest absolute Gasteiger partial charge is 0.287 e. The molecule has 0 aliphatic carbocycles. The van der Waals surface area contributed by atoms with Gasteiger partial charge in [-0.15, -0.1) is 11.6 Å². The maximum atomic E-state index is 11.6. The molecule has 0 saturated carbocycles. The second kappa shape index (κ2) is 7.21. The van der Waals surface area contributed by atoms with E-state index in [1.807, 2.05) is 0 Å². The largest absolute Gasteiger partial charge is 0.474 e. The molecule has 7 heteroatoms. The predicted octanol–water partition coefficient (Wildman–Crippen LogP) is 3.14. The first kappa shape index (κ1) is 13.9. The average molecular weight is 295 g/mol. The Hall–Kier alpha value is 0.880. The summed E-state index contributed by atoms with van der Waals surface area (Å²) in [5, 5.41) is 0. The monoisotopic (exact) mass is 294 g/mol. The Morgan fingerprint density at radius 3 is 2.08 bits per heavy atom. The highest BCUT2D eigenvalue weighted by Gasteiger charge is 2.25. The van der Waals surface area contributed by atoms with E-state index in [0.717, 1.165) is 0 Å². The Morgan fingerprint density at radius 2 is 1.77 bits per heavy atom. The first-order chi connectivity index (χ1) is 6.04. The van der Waals surface area contributed by atoms with Gasteiger partial charge in [-0.1, -0.05) is 15.9 Å². The van der Waals surface area contributed by atoms with Crippen molar-refractivity contribution in [1.29, 1.82) is 0 Å². The lowest BCUT2D eigenvalue weighted by Crippen LogP contribution is -2.05. The molecule has 0 aliphatic rings. The lowest BCUT2D eigenvalue weighted by molar-refractivity contribution is 0.126. The zero-order valence-electron chi connectivity index (χ0n) is 7.53. The highest BCUT2D eigenvalue weighted by molar-refractivity contribution is 9.10. The number of hydrogen-bond acceptors (Lipinski definition) is 4. The van der Waals surface area contributed by atoms with Crippen LogP contribution in [-0.2, 0) is 18.1 Å². The van der Waals surface area contributed by atoms with Gasteiger partial charge in [-0.25, -0.2) is 4.57 Å². The van der Waals surface area contributed by atoms with Crippen LogP contribution in [0.15, 0.2) is 0 Å². The van der Waals surface area contributed by atoms with Crippen molar-refractivity contribution >= 4 is 35.4 Å². The fourth-order valence-electron chi connectivity index (χ4n) is 0.576. The van der Waals surface area contributed by atoms with Crippen LogP contribution in [0, 0.1) is 0 Å². The molecule has 0 aromatic rings. The Bertz CT molecular complexity index is 168. The summed E-state index contributed by atoms with van der Waals surface area (Å²) in [5.41, 5.74) is 0. The summed E-state index contributed by atoms with van der Waals surface area (Å²) in [6.45, 7) is 4.03. The molecule has 0 saturated heterocycles. The molecule has 0 amide bonds. The van der Waals surface area contributed by atoms with Crippen LogP contribution >= 0.6 is 35.4 Å². The molecule has 0 spiro atoms. The summed E-state index contributed by atoms with van der Waals surface area (Å²) >= 11 is 8.58. The zero-order chi connectivity index (χ0) is 10.3. The van der Waals surface area contributed by atoms with E-state index in [1.54, 1.807) is 13.8 Å². The van der Waals surface area contributed by atoms with Crippen LogP contribution in [0.2, 0.25) is 0 Å². The van der Waals surface area contributed by atoms with Gasteiger partial charge in [0.25, 0.3) is 0 Å². The van der Waals surface area contributed by atoms with E-state index < -0.39 is 12.1 Å². The second-order valence-electron chi connectivity index (χ2n) is 1.97. The van der Waals surface area contributed by atoms with E-state index in [-0.39, 0.29) is 19.8 Å². The van der Waals surface area contributed by atoms with Gasteiger partial charge in [0.2, 0.25) is 0 Å². The average Bonchev–Trinajstić information content (AvgIpc) is 2.02. The van der Waals surface area contributed by atoms with Gasteiger partial charge in [-0.3, -0.25) is 13.6 Å². The van der Waals surface area contributed by atoms with Crippen molar-refractivity contribution in [3.63, 3.8) is 0 Å². The Labute approximate surface area is 91.6 Å². The molecule has 0 N–H and O–H groups in total. The molecule has 0 fully saturated rings. The molecule has 0 aromatic heterocycles. The molecule has 0 rings (SSSR count). The second-order valence-corrected chi connectivity index (χ2v) is 5.80. The quantitative estimate of drug-likeness (QED) is 0.534. The molecule has 0 heterocycles. The van der Waals surface area contributed by atoms with Crippen LogP contribution in [0.1, 0.15) is 13.8 Å². The molecule has 0 aromatic carbocycles. The van der Waals surface area contributed by atoms with Crippen LogP contribution in [-0.4, -0.2) is 24.1 Å². The zero-order valence-corrected chi connectivity index (χ0v) is 10.8. The fraction of sp³-hybridized carbons (Fsp3) is 1.00. The van der Waals surface area contributed by atoms with Gasteiger partial charge in [0.1, 0.15) is 4.29 Å². The SMILES string of the molecule is CCOP(=O)(OCC)OCC(Cl)Br. The summed E-state index contributed by atoms with van der Waals surface area (Å²) in [5.74, 6) is 0. The molecular weight excluding hydrogens is 282 g/mol. The van der Waals surface area contributed by atoms with Gasteiger partial charge in [0.15, 0.2) is 0 Å². The highest BCUT2D eigenvalue weighted by Crippen LogP contribution is 2.49. The summed E-state index contributed by atoms with van der Waals surface area (Å²) in [7, 11) is -3.39. The van der Waals surface area contributed by atoms with Crippen molar-refractivity contribution in [2.45, 2.75) is 18.1 Å². The minimum atomic E-state index is -3.39. The summed E-state index contributed by atoms with van der Waals surface area (Å²) < 4.78 is 25.8. The van der Waals surface area contributed by atoms with Gasteiger partial charge in [-0.2, -0.15) is 0 Å². The molecule has 0 bridgehead atoms. The number of hydrogen-bond donors (Lipinski definition) is 0. The first-order valence-corrected chi connectivity index (χ1v) is 6.67. The lowest BCUT2D eigenvalue weighted by atomic mass is 10.9. The normalized spacial score (nSPS) is 14.5.